The predicted molar refractivity (Wildman–Crippen MR) is 117 cm³/mol. The Bertz CT molecular complexity index is 1060. The zero-order valence-electron chi connectivity index (χ0n) is 17.0. The Morgan fingerprint density at radius 2 is 1.87 bits per heavy atom. The molecule has 9 heteroatoms. The smallest absolute Gasteiger partial charge is 0.261 e. The van der Waals surface area contributed by atoms with Crippen LogP contribution < -0.4 is 14.9 Å². The third kappa shape index (κ3) is 4.88. The van der Waals surface area contributed by atoms with Gasteiger partial charge in [-0.15, -0.1) is 0 Å². The van der Waals surface area contributed by atoms with Gasteiger partial charge in [0.25, 0.3) is 15.9 Å². The van der Waals surface area contributed by atoms with Gasteiger partial charge in [0.15, 0.2) is 0 Å². The van der Waals surface area contributed by atoms with Crippen LogP contribution in [-0.4, -0.2) is 46.0 Å². The highest BCUT2D eigenvalue weighted by Gasteiger charge is 2.23. The quantitative estimate of drug-likeness (QED) is 0.684. The summed E-state index contributed by atoms with van der Waals surface area (Å²) < 4.78 is 33.8. The average molecular weight is 444 g/mol. The molecule has 0 bridgehead atoms. The Balaban J connectivity index is 1.47. The fourth-order valence-corrected chi connectivity index (χ4v) is 4.89. The average Bonchev–Trinajstić information content (AvgIpc) is 3.44. The van der Waals surface area contributed by atoms with Crippen LogP contribution in [0.25, 0.3) is 0 Å². The molecule has 0 unspecified atom stereocenters. The molecule has 31 heavy (non-hydrogen) atoms. The summed E-state index contributed by atoms with van der Waals surface area (Å²) in [6.07, 6.45) is 3.17. The number of ether oxygens (including phenoxy) is 1. The highest BCUT2D eigenvalue weighted by atomic mass is 32.2. The normalized spacial score (nSPS) is 18.9. The van der Waals surface area contributed by atoms with Crippen LogP contribution in [0.4, 0.5) is 11.4 Å². The summed E-state index contributed by atoms with van der Waals surface area (Å²) in [5, 5.41) is 2.81. The first-order valence-corrected chi connectivity index (χ1v) is 11.8. The first-order chi connectivity index (χ1) is 14.9. The van der Waals surface area contributed by atoms with Crippen LogP contribution in [0.5, 0.6) is 0 Å². The molecule has 0 aromatic heterocycles. The van der Waals surface area contributed by atoms with Gasteiger partial charge in [-0.1, -0.05) is 12.1 Å². The van der Waals surface area contributed by atoms with Gasteiger partial charge in [-0.2, -0.15) is 0 Å². The second-order valence-electron chi connectivity index (χ2n) is 7.64. The van der Waals surface area contributed by atoms with Crippen LogP contribution in [0, 0.1) is 0 Å². The van der Waals surface area contributed by atoms with Gasteiger partial charge in [0.1, 0.15) is 0 Å². The van der Waals surface area contributed by atoms with Crippen LogP contribution >= 0.6 is 0 Å². The highest BCUT2D eigenvalue weighted by Crippen LogP contribution is 2.25. The van der Waals surface area contributed by atoms with Gasteiger partial charge >= 0.3 is 0 Å². The number of nitrogens with zero attached hydrogens (tertiary/aromatic N) is 1. The molecule has 2 aliphatic heterocycles. The highest BCUT2D eigenvalue weighted by molar-refractivity contribution is 7.92. The van der Waals surface area contributed by atoms with Gasteiger partial charge in [-0.3, -0.25) is 14.3 Å². The molecule has 2 aliphatic rings. The molecule has 2 aromatic rings. The maximum Gasteiger partial charge on any atom is 0.261 e. The van der Waals surface area contributed by atoms with E-state index in [1.54, 1.807) is 41.3 Å². The summed E-state index contributed by atoms with van der Waals surface area (Å²) >= 11 is 0. The van der Waals surface area contributed by atoms with E-state index in [2.05, 4.69) is 10.0 Å². The largest absolute Gasteiger partial charge is 0.376 e. The van der Waals surface area contributed by atoms with E-state index in [0.717, 1.165) is 19.3 Å². The maximum atomic E-state index is 12.9. The lowest BCUT2D eigenvalue weighted by molar-refractivity contribution is -0.117. The van der Waals surface area contributed by atoms with Gasteiger partial charge in [-0.25, -0.2) is 8.42 Å². The Labute approximate surface area is 181 Å². The molecule has 2 N–H and O–H groups in total. The number of hydrogen-bond acceptors (Lipinski definition) is 5. The van der Waals surface area contributed by atoms with E-state index < -0.39 is 10.0 Å². The lowest BCUT2D eigenvalue weighted by Crippen LogP contribution is -2.32. The van der Waals surface area contributed by atoms with E-state index in [9.17, 15) is 18.0 Å². The topological polar surface area (TPSA) is 105 Å². The van der Waals surface area contributed by atoms with Gasteiger partial charge < -0.3 is 15.0 Å². The number of rotatable bonds is 7. The summed E-state index contributed by atoms with van der Waals surface area (Å²) in [5.41, 5.74) is 1.12. The monoisotopic (exact) mass is 443 g/mol. The van der Waals surface area contributed by atoms with Crippen LogP contribution in [0.3, 0.4) is 0 Å². The van der Waals surface area contributed by atoms with Gasteiger partial charge in [0, 0.05) is 31.8 Å². The molecule has 0 saturated carbocycles. The summed E-state index contributed by atoms with van der Waals surface area (Å²) in [6, 6.07) is 12.6. The van der Waals surface area contributed by atoms with Crippen molar-refractivity contribution >= 4 is 33.2 Å². The number of benzene rings is 2. The Hall–Kier alpha value is -2.91. The molecule has 4 rings (SSSR count). The maximum absolute atomic E-state index is 12.9. The molecule has 2 aromatic carbocycles. The fourth-order valence-electron chi connectivity index (χ4n) is 3.81. The summed E-state index contributed by atoms with van der Waals surface area (Å²) in [5.74, 6) is -0.326. The number of carbonyl (C=O) groups excluding carboxylic acids is 2. The molecule has 2 fully saturated rings. The Morgan fingerprint density at radius 1 is 1.10 bits per heavy atom. The summed E-state index contributed by atoms with van der Waals surface area (Å²) in [6.45, 7) is 1.72. The van der Waals surface area contributed by atoms with Gasteiger partial charge in [0.2, 0.25) is 5.91 Å². The number of anilines is 2. The first kappa shape index (κ1) is 21.3. The van der Waals surface area contributed by atoms with Crippen molar-refractivity contribution in [2.75, 3.05) is 29.3 Å². The van der Waals surface area contributed by atoms with Crippen LogP contribution in [0.1, 0.15) is 36.0 Å². The van der Waals surface area contributed by atoms with E-state index in [1.807, 2.05) is 0 Å². The molecule has 1 atom stereocenters. The molecule has 0 aliphatic carbocycles. The molecule has 8 nitrogen and oxygen atoms in total. The second-order valence-corrected chi connectivity index (χ2v) is 9.32. The van der Waals surface area contributed by atoms with E-state index >= 15 is 0 Å². The zero-order valence-corrected chi connectivity index (χ0v) is 17.9. The van der Waals surface area contributed by atoms with Crippen LogP contribution in [0.2, 0.25) is 0 Å². The number of sulfonamides is 1. The number of hydrogen-bond donors (Lipinski definition) is 2. The molecule has 2 heterocycles. The lowest BCUT2D eigenvalue weighted by atomic mass is 10.1. The van der Waals surface area contributed by atoms with E-state index in [-0.39, 0.29) is 34.1 Å². The number of nitrogens with one attached hydrogen (secondary N) is 2. The van der Waals surface area contributed by atoms with Crippen molar-refractivity contribution in [1.29, 1.82) is 0 Å². The van der Waals surface area contributed by atoms with Crippen molar-refractivity contribution in [2.45, 2.75) is 36.7 Å². The van der Waals surface area contributed by atoms with Crippen LogP contribution in [-0.2, 0) is 19.6 Å². The third-order valence-electron chi connectivity index (χ3n) is 5.46. The van der Waals surface area contributed by atoms with E-state index in [1.165, 1.54) is 12.1 Å². The molecule has 0 spiro atoms. The molecule has 164 valence electrons. The first-order valence-electron chi connectivity index (χ1n) is 10.4. The predicted octanol–water partition coefficient (Wildman–Crippen LogP) is 2.52. The van der Waals surface area contributed by atoms with Crippen molar-refractivity contribution < 1.29 is 22.7 Å². The molecule has 2 saturated heterocycles. The van der Waals surface area contributed by atoms with Crippen molar-refractivity contribution in [3.05, 3.63) is 54.1 Å². The van der Waals surface area contributed by atoms with E-state index in [0.29, 0.717) is 31.8 Å². The SMILES string of the molecule is O=C(NC[C@@H]1CCCO1)c1ccccc1NS(=O)(=O)c1ccc(N2CCCC2=O)cc1. The Morgan fingerprint density at radius 3 is 2.55 bits per heavy atom. The molecular weight excluding hydrogens is 418 g/mol. The van der Waals surface area contributed by atoms with Gasteiger partial charge in [0.05, 0.1) is 22.3 Å². The summed E-state index contributed by atoms with van der Waals surface area (Å²) in [7, 11) is -3.91. The minimum absolute atomic E-state index is 0.00573. The van der Waals surface area contributed by atoms with E-state index in [4.69, 9.17) is 4.74 Å². The molecule has 2 amide bonds. The van der Waals surface area contributed by atoms with Crippen molar-refractivity contribution in [1.82, 2.24) is 5.32 Å². The van der Waals surface area contributed by atoms with Gasteiger partial charge in [-0.05, 0) is 55.7 Å². The summed E-state index contributed by atoms with van der Waals surface area (Å²) in [4.78, 5) is 26.2. The Kier molecular flexibility index (Phi) is 6.24. The van der Waals surface area contributed by atoms with Crippen LogP contribution in [0.15, 0.2) is 53.4 Å². The zero-order chi connectivity index (χ0) is 21.8. The van der Waals surface area contributed by atoms with Crippen molar-refractivity contribution in [3.8, 4) is 0 Å². The molecular formula is C22H25N3O5S. The van der Waals surface area contributed by atoms with Crippen molar-refractivity contribution in [2.24, 2.45) is 0 Å². The lowest BCUT2D eigenvalue weighted by Gasteiger charge is -2.17. The number of para-hydroxylation sites is 1. The number of carbonyl (C=O) groups is 2. The fraction of sp³-hybridized carbons (Fsp3) is 0.364. The second kappa shape index (κ2) is 9.07. The minimum atomic E-state index is -3.91. The molecule has 0 radical (unpaired) electrons. The standard InChI is InChI=1S/C22H25N3O5S/c26-21-8-3-13-25(21)16-9-11-18(12-10-16)31(28,29)24-20-7-2-1-6-19(20)22(27)23-15-17-5-4-14-30-17/h1-2,6-7,9-12,17,24H,3-5,8,13-15H2,(H,23,27)/t17-/m0/s1. The third-order valence-corrected chi connectivity index (χ3v) is 6.84. The van der Waals surface area contributed by atoms with Crippen molar-refractivity contribution in [3.63, 3.8) is 0 Å². The number of amides is 2. The minimum Gasteiger partial charge on any atom is -0.376 e.